The Morgan fingerprint density at radius 2 is 1.47 bits per heavy atom. The van der Waals surface area contributed by atoms with Crippen molar-refractivity contribution in [2.75, 3.05) is 23.9 Å². The summed E-state index contributed by atoms with van der Waals surface area (Å²) in [6.45, 7) is 7.43. The van der Waals surface area contributed by atoms with E-state index in [2.05, 4.69) is 73.6 Å². The molecule has 0 amide bonds. The van der Waals surface area contributed by atoms with Gasteiger partial charge in [-0.2, -0.15) is 4.98 Å². The molecule has 1 N–H and O–H groups in total. The van der Waals surface area contributed by atoms with Crippen molar-refractivity contribution in [3.05, 3.63) is 107 Å². The molecule has 1 aromatic heterocycles. The molecule has 0 unspecified atom stereocenters. The molecular formula is C29H32N4O. The third-order valence-corrected chi connectivity index (χ3v) is 5.99. The Morgan fingerprint density at radius 1 is 0.794 bits per heavy atom. The highest BCUT2D eigenvalue weighted by atomic mass is 16.5. The summed E-state index contributed by atoms with van der Waals surface area (Å²) in [4.78, 5) is 11.9. The highest BCUT2D eigenvalue weighted by Crippen LogP contribution is 2.31. The van der Waals surface area contributed by atoms with Gasteiger partial charge in [0.2, 0.25) is 5.95 Å². The molecule has 0 aliphatic rings. The van der Waals surface area contributed by atoms with Crippen LogP contribution in [0.1, 0.15) is 27.9 Å². The third kappa shape index (κ3) is 5.61. The van der Waals surface area contributed by atoms with Crippen molar-refractivity contribution in [3.8, 4) is 0 Å². The van der Waals surface area contributed by atoms with E-state index in [1.165, 1.54) is 11.1 Å². The number of hydrogen-bond acceptors (Lipinski definition) is 5. The highest BCUT2D eigenvalue weighted by Gasteiger charge is 2.18. The van der Waals surface area contributed by atoms with Crippen molar-refractivity contribution in [1.82, 2.24) is 9.97 Å². The van der Waals surface area contributed by atoms with E-state index in [1.807, 2.05) is 43.3 Å². The Morgan fingerprint density at radius 3 is 2.21 bits per heavy atom. The van der Waals surface area contributed by atoms with Crippen LogP contribution >= 0.6 is 0 Å². The maximum absolute atomic E-state index is 5.99. The SMILES string of the molecule is Cc1ccccc1Nc1nc(C)c(CCOCc2ccccc2)c(N(C)c2ccccc2C)n1. The van der Waals surface area contributed by atoms with Crippen molar-refractivity contribution in [2.45, 2.75) is 33.8 Å². The lowest BCUT2D eigenvalue weighted by atomic mass is 10.1. The summed E-state index contributed by atoms with van der Waals surface area (Å²) >= 11 is 0. The van der Waals surface area contributed by atoms with Gasteiger partial charge in [0.05, 0.1) is 13.2 Å². The molecule has 0 atom stereocenters. The second kappa shape index (κ2) is 10.9. The summed E-state index contributed by atoms with van der Waals surface area (Å²) in [5, 5.41) is 3.41. The quantitative estimate of drug-likeness (QED) is 0.287. The minimum atomic E-state index is 0.594. The van der Waals surface area contributed by atoms with E-state index in [4.69, 9.17) is 14.7 Å². The first kappa shape index (κ1) is 23.5. The van der Waals surface area contributed by atoms with Crippen LogP contribution in [0, 0.1) is 20.8 Å². The normalized spacial score (nSPS) is 10.8. The van der Waals surface area contributed by atoms with Crippen molar-refractivity contribution in [3.63, 3.8) is 0 Å². The lowest BCUT2D eigenvalue weighted by Gasteiger charge is -2.25. The number of rotatable bonds is 9. The highest BCUT2D eigenvalue weighted by molar-refractivity contribution is 5.68. The average Bonchev–Trinajstić information content (AvgIpc) is 2.84. The van der Waals surface area contributed by atoms with E-state index in [9.17, 15) is 0 Å². The molecule has 0 aliphatic heterocycles. The van der Waals surface area contributed by atoms with Crippen molar-refractivity contribution >= 4 is 23.1 Å². The zero-order valence-electron chi connectivity index (χ0n) is 20.4. The van der Waals surface area contributed by atoms with E-state index in [-0.39, 0.29) is 0 Å². The van der Waals surface area contributed by atoms with Crippen LogP contribution in [0.4, 0.5) is 23.1 Å². The van der Waals surface area contributed by atoms with E-state index in [0.29, 0.717) is 19.2 Å². The number of para-hydroxylation sites is 2. The zero-order valence-corrected chi connectivity index (χ0v) is 20.4. The second-order valence-corrected chi connectivity index (χ2v) is 8.51. The van der Waals surface area contributed by atoms with Crippen LogP contribution in [-0.2, 0) is 17.8 Å². The summed E-state index contributed by atoms with van der Waals surface area (Å²) in [7, 11) is 2.07. The van der Waals surface area contributed by atoms with Gasteiger partial charge in [0.25, 0.3) is 0 Å². The monoisotopic (exact) mass is 452 g/mol. The van der Waals surface area contributed by atoms with Gasteiger partial charge in [-0.15, -0.1) is 0 Å². The molecule has 1 heterocycles. The zero-order chi connectivity index (χ0) is 23.9. The molecule has 0 bridgehead atoms. The van der Waals surface area contributed by atoms with Crippen LogP contribution in [-0.4, -0.2) is 23.6 Å². The van der Waals surface area contributed by atoms with Gasteiger partial charge >= 0.3 is 0 Å². The van der Waals surface area contributed by atoms with Gasteiger partial charge in [-0.05, 0) is 49.6 Å². The maximum atomic E-state index is 5.99. The molecule has 0 aliphatic carbocycles. The molecular weight excluding hydrogens is 420 g/mol. The first-order chi connectivity index (χ1) is 16.5. The molecule has 4 aromatic rings. The number of aromatic nitrogens is 2. The van der Waals surface area contributed by atoms with E-state index < -0.39 is 0 Å². The van der Waals surface area contributed by atoms with Gasteiger partial charge in [-0.3, -0.25) is 0 Å². The molecule has 5 heteroatoms. The number of ether oxygens (including phenoxy) is 1. The van der Waals surface area contributed by atoms with Crippen molar-refractivity contribution in [1.29, 1.82) is 0 Å². The number of benzene rings is 3. The number of nitrogens with one attached hydrogen (secondary N) is 1. The molecule has 0 spiro atoms. The Kier molecular flexibility index (Phi) is 7.55. The average molecular weight is 453 g/mol. The van der Waals surface area contributed by atoms with Crippen LogP contribution in [0.2, 0.25) is 0 Å². The molecule has 0 fully saturated rings. The van der Waals surface area contributed by atoms with Crippen molar-refractivity contribution in [2.24, 2.45) is 0 Å². The molecule has 0 saturated carbocycles. The minimum absolute atomic E-state index is 0.594. The number of hydrogen-bond donors (Lipinski definition) is 1. The fourth-order valence-electron chi connectivity index (χ4n) is 4.03. The third-order valence-electron chi connectivity index (χ3n) is 5.99. The number of anilines is 4. The summed E-state index contributed by atoms with van der Waals surface area (Å²) in [5.74, 6) is 1.48. The molecule has 174 valence electrons. The Hall–Kier alpha value is -3.70. The Balaban J connectivity index is 1.62. The smallest absolute Gasteiger partial charge is 0.229 e. The lowest BCUT2D eigenvalue weighted by Crippen LogP contribution is -2.18. The summed E-state index contributed by atoms with van der Waals surface area (Å²) in [6, 6.07) is 26.8. The predicted molar refractivity (Wildman–Crippen MR) is 140 cm³/mol. The first-order valence-electron chi connectivity index (χ1n) is 11.6. The van der Waals surface area contributed by atoms with E-state index in [0.717, 1.165) is 40.4 Å². The van der Waals surface area contributed by atoms with E-state index >= 15 is 0 Å². The minimum Gasteiger partial charge on any atom is -0.376 e. The maximum Gasteiger partial charge on any atom is 0.229 e. The van der Waals surface area contributed by atoms with Gasteiger partial charge < -0.3 is 15.0 Å². The molecule has 3 aromatic carbocycles. The standard InChI is InChI=1S/C29H32N4O/c1-21-12-8-10-16-26(21)31-29-30-23(3)25(18-19-34-20-24-14-6-5-7-15-24)28(32-29)33(4)27-17-11-9-13-22(27)2/h5-17H,18-20H2,1-4H3,(H,30,31,32). The Bertz CT molecular complexity index is 1240. The molecule has 34 heavy (non-hydrogen) atoms. The van der Waals surface area contributed by atoms with E-state index in [1.54, 1.807) is 0 Å². The number of aryl methyl sites for hydroxylation is 3. The van der Waals surface area contributed by atoms with Crippen molar-refractivity contribution < 1.29 is 4.74 Å². The van der Waals surface area contributed by atoms with Crippen LogP contribution in [0.25, 0.3) is 0 Å². The second-order valence-electron chi connectivity index (χ2n) is 8.51. The summed E-state index contributed by atoms with van der Waals surface area (Å²) < 4.78 is 5.99. The molecule has 0 radical (unpaired) electrons. The van der Waals surface area contributed by atoms with Gasteiger partial charge in [-0.1, -0.05) is 66.7 Å². The van der Waals surface area contributed by atoms with Crippen LogP contribution in [0.15, 0.2) is 78.9 Å². The van der Waals surface area contributed by atoms with Gasteiger partial charge in [-0.25, -0.2) is 4.98 Å². The van der Waals surface area contributed by atoms with Crippen LogP contribution in [0.5, 0.6) is 0 Å². The molecule has 5 nitrogen and oxygen atoms in total. The Labute approximate surface area is 202 Å². The van der Waals surface area contributed by atoms with Gasteiger partial charge in [0, 0.05) is 36.1 Å². The number of nitrogens with zero attached hydrogens (tertiary/aromatic N) is 3. The molecule has 4 rings (SSSR count). The lowest BCUT2D eigenvalue weighted by molar-refractivity contribution is 0.123. The van der Waals surface area contributed by atoms with Gasteiger partial charge in [0.1, 0.15) is 5.82 Å². The molecule has 0 saturated heterocycles. The van der Waals surface area contributed by atoms with Crippen LogP contribution in [0.3, 0.4) is 0 Å². The van der Waals surface area contributed by atoms with Gasteiger partial charge in [0.15, 0.2) is 0 Å². The van der Waals surface area contributed by atoms with Crippen LogP contribution < -0.4 is 10.2 Å². The summed E-state index contributed by atoms with van der Waals surface area (Å²) in [5.41, 5.74) is 7.68. The fraction of sp³-hybridized carbons (Fsp3) is 0.241. The largest absolute Gasteiger partial charge is 0.376 e. The fourth-order valence-corrected chi connectivity index (χ4v) is 4.03. The summed E-state index contributed by atoms with van der Waals surface area (Å²) in [6.07, 6.45) is 0.731. The first-order valence-corrected chi connectivity index (χ1v) is 11.6. The topological polar surface area (TPSA) is 50.3 Å². The predicted octanol–water partition coefficient (Wildman–Crippen LogP) is 6.67.